The molecule has 22 heavy (non-hydrogen) atoms. The van der Waals surface area contributed by atoms with Crippen molar-refractivity contribution < 1.29 is 8.42 Å². The van der Waals surface area contributed by atoms with Crippen LogP contribution in [0.2, 0.25) is 5.02 Å². The van der Waals surface area contributed by atoms with E-state index in [1.807, 2.05) is 12.1 Å². The van der Waals surface area contributed by atoms with Crippen LogP contribution in [0.25, 0.3) is 0 Å². The first-order valence-electron chi connectivity index (χ1n) is 7.94. The summed E-state index contributed by atoms with van der Waals surface area (Å²) in [5, 5.41) is 4.23. The lowest BCUT2D eigenvalue weighted by molar-refractivity contribution is 0.288. The average molecular weight is 343 g/mol. The summed E-state index contributed by atoms with van der Waals surface area (Å²) in [5.74, 6) is 0. The minimum Gasteiger partial charge on any atom is -0.310 e. The van der Waals surface area contributed by atoms with Crippen LogP contribution < -0.4 is 5.32 Å². The number of hydrogen-bond donors (Lipinski definition) is 1. The van der Waals surface area contributed by atoms with E-state index in [-0.39, 0.29) is 5.25 Å². The molecule has 122 valence electrons. The molecule has 1 saturated heterocycles. The fraction of sp³-hybridized carbons (Fsp3) is 0.625. The maximum Gasteiger partial charge on any atom is 0.216 e. The normalized spacial score (nSPS) is 21.2. The zero-order valence-electron chi connectivity index (χ0n) is 12.9. The first-order valence-corrected chi connectivity index (χ1v) is 9.82. The fourth-order valence-corrected chi connectivity index (χ4v) is 5.10. The van der Waals surface area contributed by atoms with Crippen LogP contribution in [0.3, 0.4) is 0 Å². The molecule has 1 aromatic rings. The molecule has 3 rings (SSSR count). The highest BCUT2D eigenvalue weighted by molar-refractivity contribution is 7.90. The van der Waals surface area contributed by atoms with Gasteiger partial charge >= 0.3 is 0 Å². The number of nitrogens with zero attached hydrogens (tertiary/aromatic N) is 1. The molecule has 2 fully saturated rings. The van der Waals surface area contributed by atoms with Gasteiger partial charge in [0.25, 0.3) is 0 Å². The first-order chi connectivity index (χ1) is 10.5. The number of benzene rings is 1. The summed E-state index contributed by atoms with van der Waals surface area (Å²) in [6.45, 7) is 4.17. The van der Waals surface area contributed by atoms with E-state index in [1.54, 1.807) is 4.31 Å². The lowest BCUT2D eigenvalue weighted by Gasteiger charge is -2.32. The molecule has 0 radical (unpaired) electrons. The summed E-state index contributed by atoms with van der Waals surface area (Å²) in [4.78, 5) is 0. The number of aryl methyl sites for hydroxylation is 1. The molecule has 6 heteroatoms. The zero-order chi connectivity index (χ0) is 15.7. The highest BCUT2D eigenvalue weighted by Gasteiger charge is 2.41. The lowest BCUT2D eigenvalue weighted by atomic mass is 10.0. The average Bonchev–Trinajstić information content (AvgIpc) is 3.32. The minimum atomic E-state index is -3.00. The number of nitrogens with one attached hydrogen (secondary N) is 1. The van der Waals surface area contributed by atoms with Gasteiger partial charge in [0.05, 0.1) is 5.25 Å². The van der Waals surface area contributed by atoms with Gasteiger partial charge in [-0.25, -0.2) is 12.7 Å². The summed E-state index contributed by atoms with van der Waals surface area (Å²) in [6.07, 6.45) is 3.46. The molecule has 1 aromatic carbocycles. The van der Waals surface area contributed by atoms with Gasteiger partial charge in [-0.15, -0.1) is 0 Å². The molecular weight excluding hydrogens is 320 g/mol. The lowest BCUT2D eigenvalue weighted by Crippen LogP contribution is -2.45. The van der Waals surface area contributed by atoms with E-state index < -0.39 is 10.0 Å². The second-order valence-corrected chi connectivity index (χ2v) is 9.02. The Labute approximate surface area is 137 Å². The Kier molecular flexibility index (Phi) is 4.78. The third-order valence-corrected chi connectivity index (χ3v) is 7.28. The van der Waals surface area contributed by atoms with Crippen LogP contribution in [0.15, 0.2) is 18.2 Å². The third-order valence-electron chi connectivity index (χ3n) is 4.65. The van der Waals surface area contributed by atoms with Gasteiger partial charge in [-0.1, -0.05) is 17.7 Å². The maximum atomic E-state index is 12.2. The summed E-state index contributed by atoms with van der Waals surface area (Å²) in [7, 11) is -3.00. The maximum absolute atomic E-state index is 12.2. The summed E-state index contributed by atoms with van der Waals surface area (Å²) in [6, 6.07) is 6.33. The SMILES string of the molecule is Cc1cc(Cl)ccc1CNC1CCN(S(=O)(=O)C2CC2)CC1. The second kappa shape index (κ2) is 6.48. The molecule has 0 atom stereocenters. The van der Waals surface area contributed by atoms with Gasteiger partial charge in [0.15, 0.2) is 0 Å². The van der Waals surface area contributed by atoms with Gasteiger partial charge in [-0.3, -0.25) is 0 Å². The van der Waals surface area contributed by atoms with E-state index in [0.717, 1.165) is 37.3 Å². The Morgan fingerprint density at radius 1 is 1.23 bits per heavy atom. The van der Waals surface area contributed by atoms with E-state index >= 15 is 0 Å². The molecule has 1 heterocycles. The Morgan fingerprint density at radius 3 is 2.50 bits per heavy atom. The molecule has 0 unspecified atom stereocenters. The Hall–Kier alpha value is -0.620. The van der Waals surface area contributed by atoms with Gasteiger partial charge in [0.2, 0.25) is 10.0 Å². The van der Waals surface area contributed by atoms with Crippen molar-refractivity contribution in [2.24, 2.45) is 0 Å². The number of piperidine rings is 1. The molecule has 1 saturated carbocycles. The van der Waals surface area contributed by atoms with Crippen molar-refractivity contribution in [3.63, 3.8) is 0 Å². The van der Waals surface area contributed by atoms with Crippen LogP contribution in [-0.4, -0.2) is 37.1 Å². The van der Waals surface area contributed by atoms with Crippen molar-refractivity contribution in [3.8, 4) is 0 Å². The highest BCUT2D eigenvalue weighted by atomic mass is 35.5. The van der Waals surface area contributed by atoms with E-state index in [2.05, 4.69) is 18.3 Å². The molecule has 0 aromatic heterocycles. The minimum absolute atomic E-state index is 0.0891. The van der Waals surface area contributed by atoms with Crippen LogP contribution in [0, 0.1) is 6.92 Å². The van der Waals surface area contributed by atoms with E-state index in [9.17, 15) is 8.42 Å². The monoisotopic (exact) mass is 342 g/mol. The number of hydrogen-bond acceptors (Lipinski definition) is 3. The van der Waals surface area contributed by atoms with E-state index in [1.165, 1.54) is 11.1 Å². The van der Waals surface area contributed by atoms with Crippen molar-refractivity contribution in [3.05, 3.63) is 34.3 Å². The zero-order valence-corrected chi connectivity index (χ0v) is 14.5. The molecule has 0 amide bonds. The van der Waals surface area contributed by atoms with Crippen LogP contribution in [0.1, 0.15) is 36.8 Å². The van der Waals surface area contributed by atoms with E-state index in [0.29, 0.717) is 19.1 Å². The Morgan fingerprint density at radius 2 is 1.91 bits per heavy atom. The van der Waals surface area contributed by atoms with Crippen LogP contribution in [0.5, 0.6) is 0 Å². The number of rotatable bonds is 5. The second-order valence-electron chi connectivity index (χ2n) is 6.37. The quantitative estimate of drug-likeness (QED) is 0.895. The molecule has 4 nitrogen and oxygen atoms in total. The van der Waals surface area contributed by atoms with Crippen LogP contribution in [-0.2, 0) is 16.6 Å². The molecule has 1 aliphatic heterocycles. The van der Waals surface area contributed by atoms with Crippen molar-refractivity contribution >= 4 is 21.6 Å². The molecule has 0 bridgehead atoms. The predicted molar refractivity (Wildman–Crippen MR) is 89.6 cm³/mol. The summed E-state index contributed by atoms with van der Waals surface area (Å²) in [5.41, 5.74) is 2.44. The van der Waals surface area contributed by atoms with Crippen molar-refractivity contribution in [1.82, 2.24) is 9.62 Å². The van der Waals surface area contributed by atoms with Gasteiger partial charge in [0.1, 0.15) is 0 Å². The largest absolute Gasteiger partial charge is 0.310 e. The number of sulfonamides is 1. The standard InChI is InChI=1S/C16H23ClN2O2S/c1-12-10-14(17)3-2-13(12)11-18-15-6-8-19(9-7-15)22(20,21)16-4-5-16/h2-3,10,15-16,18H,4-9,11H2,1H3. The molecule has 0 spiro atoms. The predicted octanol–water partition coefficient (Wildman–Crippen LogP) is 2.69. The van der Waals surface area contributed by atoms with Gasteiger partial charge in [-0.05, 0) is 55.9 Å². The summed E-state index contributed by atoms with van der Waals surface area (Å²) < 4.78 is 26.1. The molecule has 2 aliphatic rings. The molecule has 1 aliphatic carbocycles. The summed E-state index contributed by atoms with van der Waals surface area (Å²) >= 11 is 5.97. The van der Waals surface area contributed by atoms with E-state index in [4.69, 9.17) is 11.6 Å². The van der Waals surface area contributed by atoms with Crippen molar-refractivity contribution in [2.75, 3.05) is 13.1 Å². The Balaban J connectivity index is 1.50. The van der Waals surface area contributed by atoms with Gasteiger partial charge < -0.3 is 5.32 Å². The highest BCUT2D eigenvalue weighted by Crippen LogP contribution is 2.32. The fourth-order valence-electron chi connectivity index (χ4n) is 3.00. The third kappa shape index (κ3) is 3.65. The Bertz CT molecular complexity index is 636. The molecular formula is C16H23ClN2O2S. The smallest absolute Gasteiger partial charge is 0.216 e. The van der Waals surface area contributed by atoms with Crippen LogP contribution in [0.4, 0.5) is 0 Å². The van der Waals surface area contributed by atoms with Crippen molar-refractivity contribution in [2.45, 2.75) is 50.4 Å². The van der Waals surface area contributed by atoms with Gasteiger partial charge in [0, 0.05) is 30.7 Å². The number of halogens is 1. The van der Waals surface area contributed by atoms with Crippen molar-refractivity contribution in [1.29, 1.82) is 0 Å². The first kappa shape index (κ1) is 16.2. The van der Waals surface area contributed by atoms with Crippen LogP contribution >= 0.6 is 11.6 Å². The molecule has 1 N–H and O–H groups in total. The topological polar surface area (TPSA) is 49.4 Å². The van der Waals surface area contributed by atoms with Gasteiger partial charge in [-0.2, -0.15) is 0 Å².